The minimum Gasteiger partial charge on any atom is -0.274 e. The fourth-order valence-electron chi connectivity index (χ4n) is 5.57. The molecule has 3 aliphatic carbocycles. The van der Waals surface area contributed by atoms with Crippen LogP contribution in [0.25, 0.3) is 0 Å². The second kappa shape index (κ2) is 5.94. The Morgan fingerprint density at radius 2 is 1.10 bits per heavy atom. The van der Waals surface area contributed by atoms with Crippen molar-refractivity contribution in [3.05, 3.63) is 99.0 Å². The second-order valence-corrected chi connectivity index (χ2v) is 8.72. The molecule has 7 rings (SSSR count). The third-order valence-electron chi connectivity index (χ3n) is 6.60. The number of carbonyl (C=O) groups is 2. The number of hydrogen-bond acceptors (Lipinski definition) is 2. The van der Waals surface area contributed by atoms with Crippen molar-refractivity contribution >= 4 is 40.7 Å². The molecule has 5 heteroatoms. The molecule has 0 saturated carbocycles. The van der Waals surface area contributed by atoms with Crippen molar-refractivity contribution in [2.24, 2.45) is 11.8 Å². The average Bonchev–Trinajstić information content (AvgIpc) is 3.01. The van der Waals surface area contributed by atoms with E-state index >= 15 is 0 Å². The highest BCUT2D eigenvalue weighted by Gasteiger charge is 2.61. The van der Waals surface area contributed by atoms with Gasteiger partial charge in [-0.25, -0.2) is 4.90 Å². The first-order valence-electron chi connectivity index (χ1n) is 9.58. The van der Waals surface area contributed by atoms with Crippen LogP contribution in [0.4, 0.5) is 5.69 Å². The maximum absolute atomic E-state index is 13.6. The van der Waals surface area contributed by atoms with E-state index in [9.17, 15) is 9.59 Å². The Kier molecular flexibility index (Phi) is 3.54. The molecule has 0 unspecified atom stereocenters. The summed E-state index contributed by atoms with van der Waals surface area (Å²) in [6.07, 6.45) is 0. The van der Waals surface area contributed by atoms with Gasteiger partial charge in [0.15, 0.2) is 0 Å². The molecule has 1 heterocycles. The monoisotopic (exact) mass is 419 g/mol. The van der Waals surface area contributed by atoms with Gasteiger partial charge >= 0.3 is 0 Å². The lowest BCUT2D eigenvalue weighted by Crippen LogP contribution is -2.41. The van der Waals surface area contributed by atoms with Crippen molar-refractivity contribution < 1.29 is 9.59 Å². The molecule has 2 atom stereocenters. The van der Waals surface area contributed by atoms with Gasteiger partial charge in [-0.05, 0) is 40.5 Å². The van der Waals surface area contributed by atoms with Crippen molar-refractivity contribution in [2.75, 3.05) is 4.90 Å². The van der Waals surface area contributed by atoms with Crippen LogP contribution >= 0.6 is 23.2 Å². The molecular weight excluding hydrogens is 405 g/mol. The molecule has 2 amide bonds. The van der Waals surface area contributed by atoms with Crippen LogP contribution in [0.5, 0.6) is 0 Å². The molecule has 3 nitrogen and oxygen atoms in total. The van der Waals surface area contributed by atoms with Crippen LogP contribution in [0.3, 0.4) is 0 Å². The number of halogens is 2. The van der Waals surface area contributed by atoms with E-state index in [0.29, 0.717) is 15.7 Å². The standard InChI is InChI=1S/C24H15Cl2NO2/c25-12-9-10-17(26)18(11-12)27-23(28)21-19-13-5-1-2-6-14(13)20(22(21)24(27)29)16-8-4-3-7-15(16)19/h1-11,19-22H/t19?,20?,21-,22+. The Morgan fingerprint density at radius 1 is 0.655 bits per heavy atom. The molecule has 0 spiro atoms. The first-order chi connectivity index (χ1) is 14.1. The summed E-state index contributed by atoms with van der Waals surface area (Å²) >= 11 is 12.5. The van der Waals surface area contributed by atoms with E-state index in [1.807, 2.05) is 24.3 Å². The summed E-state index contributed by atoms with van der Waals surface area (Å²) < 4.78 is 0. The Balaban J connectivity index is 1.58. The van der Waals surface area contributed by atoms with Crippen LogP contribution in [0.15, 0.2) is 66.7 Å². The Hall–Kier alpha value is -2.62. The van der Waals surface area contributed by atoms with Gasteiger partial charge in [-0.1, -0.05) is 71.7 Å². The molecule has 142 valence electrons. The van der Waals surface area contributed by atoms with Gasteiger partial charge in [-0.15, -0.1) is 0 Å². The highest BCUT2D eigenvalue weighted by Crippen LogP contribution is 2.61. The summed E-state index contributed by atoms with van der Waals surface area (Å²) in [5.41, 5.74) is 4.97. The van der Waals surface area contributed by atoms with Gasteiger partial charge in [0.1, 0.15) is 0 Å². The number of imide groups is 1. The summed E-state index contributed by atoms with van der Waals surface area (Å²) in [4.78, 5) is 28.5. The van der Waals surface area contributed by atoms with Gasteiger partial charge < -0.3 is 0 Å². The number of amides is 2. The molecule has 0 N–H and O–H groups in total. The van der Waals surface area contributed by atoms with Crippen LogP contribution in [-0.2, 0) is 9.59 Å². The number of carbonyl (C=O) groups excluding carboxylic acids is 2. The van der Waals surface area contributed by atoms with E-state index in [4.69, 9.17) is 23.2 Å². The zero-order valence-electron chi connectivity index (χ0n) is 15.2. The zero-order chi connectivity index (χ0) is 19.9. The summed E-state index contributed by atoms with van der Waals surface area (Å²) in [6.45, 7) is 0. The van der Waals surface area contributed by atoms with Gasteiger partial charge in [0.05, 0.1) is 22.5 Å². The van der Waals surface area contributed by atoms with Gasteiger partial charge in [0.25, 0.3) is 0 Å². The SMILES string of the molecule is O=C1[C@@H]2C3c4ccccc4C(c4ccccc43)[C@@H]2C(=O)N1c1cc(Cl)ccc1Cl. The van der Waals surface area contributed by atoms with Gasteiger partial charge in [0, 0.05) is 16.9 Å². The fourth-order valence-corrected chi connectivity index (χ4v) is 5.94. The minimum atomic E-state index is -0.424. The van der Waals surface area contributed by atoms with Crippen molar-refractivity contribution in [1.82, 2.24) is 0 Å². The van der Waals surface area contributed by atoms with Crippen molar-refractivity contribution in [3.8, 4) is 0 Å². The van der Waals surface area contributed by atoms with Gasteiger partial charge in [0.2, 0.25) is 11.8 Å². The Morgan fingerprint density at radius 3 is 1.55 bits per heavy atom. The van der Waals surface area contributed by atoms with E-state index < -0.39 is 11.8 Å². The summed E-state index contributed by atoms with van der Waals surface area (Å²) in [5.74, 6) is -1.49. The molecular formula is C24H15Cl2NO2. The normalized spacial score (nSPS) is 26.3. The fraction of sp³-hybridized carbons (Fsp3) is 0.167. The average molecular weight is 420 g/mol. The molecule has 1 fully saturated rings. The molecule has 0 radical (unpaired) electrons. The molecule has 2 bridgehead atoms. The van der Waals surface area contributed by atoms with Gasteiger partial charge in [-0.3, -0.25) is 9.59 Å². The lowest BCUT2D eigenvalue weighted by atomic mass is 9.55. The van der Waals surface area contributed by atoms with Crippen LogP contribution in [0.1, 0.15) is 34.1 Å². The third-order valence-corrected chi connectivity index (χ3v) is 7.15. The Bertz CT molecular complexity index is 1110. The summed E-state index contributed by atoms with van der Waals surface area (Å²) in [7, 11) is 0. The van der Waals surface area contributed by atoms with E-state index in [0.717, 1.165) is 22.3 Å². The van der Waals surface area contributed by atoms with Crippen molar-refractivity contribution in [3.63, 3.8) is 0 Å². The molecule has 29 heavy (non-hydrogen) atoms. The van der Waals surface area contributed by atoms with E-state index in [1.165, 1.54) is 4.90 Å². The van der Waals surface area contributed by atoms with E-state index in [-0.39, 0.29) is 23.7 Å². The van der Waals surface area contributed by atoms with Crippen LogP contribution in [0.2, 0.25) is 10.0 Å². The highest BCUT2D eigenvalue weighted by molar-refractivity contribution is 6.38. The number of anilines is 1. The minimum absolute atomic E-state index is 0.128. The number of nitrogens with zero attached hydrogens (tertiary/aromatic N) is 1. The Labute approximate surface area is 177 Å². The molecule has 1 saturated heterocycles. The number of hydrogen-bond donors (Lipinski definition) is 0. The summed E-state index contributed by atoms with van der Waals surface area (Å²) in [5, 5.41) is 0.784. The second-order valence-electron chi connectivity index (χ2n) is 7.87. The van der Waals surface area contributed by atoms with Crippen LogP contribution in [0, 0.1) is 11.8 Å². The zero-order valence-corrected chi connectivity index (χ0v) is 16.7. The maximum atomic E-state index is 13.6. The van der Waals surface area contributed by atoms with Crippen molar-refractivity contribution in [2.45, 2.75) is 11.8 Å². The van der Waals surface area contributed by atoms with Gasteiger partial charge in [-0.2, -0.15) is 0 Å². The number of benzene rings is 3. The van der Waals surface area contributed by atoms with Crippen LogP contribution in [-0.4, -0.2) is 11.8 Å². The molecule has 3 aromatic rings. The molecule has 4 aliphatic rings. The molecule has 1 aliphatic heterocycles. The lowest BCUT2D eigenvalue weighted by molar-refractivity contribution is -0.122. The van der Waals surface area contributed by atoms with E-state index in [1.54, 1.807) is 18.2 Å². The lowest BCUT2D eigenvalue weighted by Gasteiger charge is -2.45. The molecule has 0 aromatic heterocycles. The predicted molar refractivity (Wildman–Crippen MR) is 113 cm³/mol. The van der Waals surface area contributed by atoms with Crippen molar-refractivity contribution in [1.29, 1.82) is 0 Å². The smallest absolute Gasteiger partial charge is 0.238 e. The quantitative estimate of drug-likeness (QED) is 0.495. The third kappa shape index (κ3) is 2.15. The largest absolute Gasteiger partial charge is 0.274 e. The highest BCUT2D eigenvalue weighted by atomic mass is 35.5. The first-order valence-corrected chi connectivity index (χ1v) is 10.3. The van der Waals surface area contributed by atoms with E-state index in [2.05, 4.69) is 24.3 Å². The molecule has 3 aromatic carbocycles. The first kappa shape index (κ1) is 17.3. The summed E-state index contributed by atoms with van der Waals surface area (Å²) in [6, 6.07) is 21.2. The van der Waals surface area contributed by atoms with Crippen LogP contribution < -0.4 is 4.90 Å². The maximum Gasteiger partial charge on any atom is 0.238 e. The number of rotatable bonds is 1. The predicted octanol–water partition coefficient (Wildman–Crippen LogP) is 5.39. The topological polar surface area (TPSA) is 37.4 Å².